The Morgan fingerprint density at radius 1 is 0.750 bits per heavy atom. The largest absolute Gasteiger partial charge is 0.496 e. The lowest BCUT2D eigenvalue weighted by Gasteiger charge is -2.05. The number of hydrogen-bond acceptors (Lipinski definition) is 10. The number of aryl methyl sites for hydroxylation is 2. The number of aliphatic hydroxyl groups excluding tert-OH is 1. The van der Waals surface area contributed by atoms with Crippen LogP contribution >= 0.6 is 0 Å². The summed E-state index contributed by atoms with van der Waals surface area (Å²) in [5.74, 6) is 2.88. The average molecular weight is 1020 g/mol. The summed E-state index contributed by atoms with van der Waals surface area (Å²) in [6.07, 6.45) is 11.3. The molecule has 3 saturated carbocycles. The van der Waals surface area contributed by atoms with Gasteiger partial charge in [-0.05, 0) is 154 Å². The summed E-state index contributed by atoms with van der Waals surface area (Å²) in [6, 6.07) is 23.7. The smallest absolute Gasteiger partial charge is 0.217 e. The molecule has 3 aromatic carbocycles. The van der Waals surface area contributed by atoms with Crippen LogP contribution in [0.2, 0.25) is 0 Å². The molecule has 0 unspecified atom stereocenters. The molecular formula is C60H112FN3O8. The zero-order valence-electron chi connectivity index (χ0n) is 49.6. The number of hydrogen-bond donors (Lipinski definition) is 4. The van der Waals surface area contributed by atoms with Gasteiger partial charge in [-0.3, -0.25) is 4.79 Å². The Labute approximate surface area is 442 Å². The number of amides is 1. The summed E-state index contributed by atoms with van der Waals surface area (Å²) >= 11 is 0. The van der Waals surface area contributed by atoms with Gasteiger partial charge >= 0.3 is 0 Å². The SMILES string of the molecule is CC(=O)NCc1ccc(F)cc1C.CC(C)(C)O.CC1CC1.CCC1CC1.CCN(C)C.CCNC1CC1.CCO.CCOC.CCOCCOC.CCOCc1ccccc1.CCc1ccccc1OC. The second-order valence-electron chi connectivity index (χ2n) is 18.3. The molecule has 0 spiro atoms. The van der Waals surface area contributed by atoms with E-state index in [-0.39, 0.29) is 18.3 Å². The number of ether oxygens (including phenoxy) is 5. The number of rotatable bonds is 16. The number of nitrogens with zero attached hydrogens (tertiary/aromatic N) is 1. The van der Waals surface area contributed by atoms with Crippen molar-refractivity contribution in [1.82, 2.24) is 15.5 Å². The molecule has 3 aromatic rings. The van der Waals surface area contributed by atoms with Crippen LogP contribution in [0.1, 0.15) is 157 Å². The van der Waals surface area contributed by atoms with Crippen molar-refractivity contribution in [3.63, 3.8) is 0 Å². The molecule has 422 valence electrons. The van der Waals surface area contributed by atoms with E-state index in [0.29, 0.717) is 19.8 Å². The van der Waals surface area contributed by atoms with Gasteiger partial charge in [0, 0.05) is 60.2 Å². The third-order valence-corrected chi connectivity index (χ3v) is 9.49. The molecule has 3 aliphatic rings. The second kappa shape index (κ2) is 56.8. The van der Waals surface area contributed by atoms with Crippen LogP contribution in [-0.2, 0) is 43.3 Å². The molecule has 0 heterocycles. The van der Waals surface area contributed by atoms with Crippen LogP contribution in [0.15, 0.2) is 72.8 Å². The molecule has 1 amide bonds. The van der Waals surface area contributed by atoms with Crippen molar-refractivity contribution in [3.05, 3.63) is 101 Å². The summed E-state index contributed by atoms with van der Waals surface area (Å²) < 4.78 is 37.2. The van der Waals surface area contributed by atoms with Crippen molar-refractivity contribution >= 4 is 5.91 Å². The highest BCUT2D eigenvalue weighted by atomic mass is 19.1. The number of carbonyl (C=O) groups excluding carboxylic acids is 1. The first kappa shape index (κ1) is 77.4. The van der Waals surface area contributed by atoms with Gasteiger partial charge < -0.3 is 49.4 Å². The fourth-order valence-electron chi connectivity index (χ4n) is 4.42. The summed E-state index contributed by atoms with van der Waals surface area (Å²) in [4.78, 5) is 12.7. The van der Waals surface area contributed by atoms with Gasteiger partial charge in [0.25, 0.3) is 0 Å². The van der Waals surface area contributed by atoms with E-state index in [2.05, 4.69) is 87.2 Å². The van der Waals surface area contributed by atoms with Gasteiger partial charge in [-0.1, -0.05) is 121 Å². The standard InChI is InChI=1S/C10H12FNO.2C9H12O.C5H11N.C5H12O2.C5H10.C4H11N.C4H10O.C4H8.C3H8O.C2H6O/c1-7-5-10(11)4-3-9(7)6-12-8(2)13;1-3-8-6-4-5-7-9(8)10-2;1-2-10-8-9-6-4-3-5-7-9;1-2-6-5-3-4-5;1-3-7-5-4-6-2;1-2-5-3-4-5;1-4-5(2)3;1-4(2,3)5;1-4-2-3-4;1-3-4-2;1-2-3/h3-5H,6H2,1-2H3,(H,12,13);4-7H,3H2,1-2H3;3-7H,2,8H2,1H3;5-6H,2-4H2,1H3;3-5H2,1-2H3;5H,2-4H2,1H3;4H2,1-3H3;5H,1-3H3;4H,2-3H2,1H3;3H2,1-2H3;3H,2H2,1H3. The van der Waals surface area contributed by atoms with E-state index in [9.17, 15) is 9.18 Å². The molecule has 3 aliphatic carbocycles. The number of nitrogens with one attached hydrogen (secondary N) is 2. The zero-order chi connectivity index (χ0) is 56.0. The minimum absolute atomic E-state index is 0.0799. The van der Waals surface area contributed by atoms with Gasteiger partial charge in [0.1, 0.15) is 11.6 Å². The molecule has 6 rings (SSSR count). The predicted octanol–water partition coefficient (Wildman–Crippen LogP) is 12.9. The zero-order valence-corrected chi connectivity index (χ0v) is 49.6. The van der Waals surface area contributed by atoms with Crippen LogP contribution in [-0.4, -0.2) is 121 Å². The fourth-order valence-corrected chi connectivity index (χ4v) is 4.42. The maximum absolute atomic E-state index is 12.7. The third kappa shape index (κ3) is 73.1. The van der Waals surface area contributed by atoms with Gasteiger partial charge in [0.05, 0.1) is 32.5 Å². The third-order valence-electron chi connectivity index (χ3n) is 9.49. The van der Waals surface area contributed by atoms with Crippen LogP contribution in [0, 0.1) is 24.6 Å². The van der Waals surface area contributed by atoms with E-state index in [1.54, 1.807) is 55.1 Å². The number of para-hydroxylation sites is 1. The highest BCUT2D eigenvalue weighted by Gasteiger charge is 2.18. The van der Waals surface area contributed by atoms with E-state index < -0.39 is 5.60 Å². The van der Waals surface area contributed by atoms with Crippen LogP contribution in [0.25, 0.3) is 0 Å². The minimum Gasteiger partial charge on any atom is -0.496 e. The first-order chi connectivity index (χ1) is 34.2. The molecule has 0 saturated heterocycles. The Balaban J connectivity index is -0.000000235. The van der Waals surface area contributed by atoms with Gasteiger partial charge in [0.15, 0.2) is 0 Å². The van der Waals surface area contributed by atoms with E-state index in [1.807, 2.05) is 64.1 Å². The van der Waals surface area contributed by atoms with Crippen molar-refractivity contribution in [3.8, 4) is 5.75 Å². The Morgan fingerprint density at radius 2 is 1.25 bits per heavy atom. The van der Waals surface area contributed by atoms with Crippen molar-refractivity contribution in [2.24, 2.45) is 11.8 Å². The number of carbonyl (C=O) groups is 1. The summed E-state index contributed by atoms with van der Waals surface area (Å²) in [5, 5.41) is 22.1. The van der Waals surface area contributed by atoms with Gasteiger partial charge in [-0.15, -0.1) is 0 Å². The maximum atomic E-state index is 12.7. The summed E-state index contributed by atoms with van der Waals surface area (Å²) in [6.45, 7) is 34.6. The van der Waals surface area contributed by atoms with Crippen LogP contribution in [0.5, 0.6) is 5.75 Å². The van der Waals surface area contributed by atoms with Crippen molar-refractivity contribution in [2.45, 2.75) is 173 Å². The molecular weight excluding hydrogens is 910 g/mol. The lowest BCUT2D eigenvalue weighted by atomic mass is 10.1. The van der Waals surface area contributed by atoms with Crippen LogP contribution in [0.4, 0.5) is 4.39 Å². The normalized spacial score (nSPS) is 12.4. The van der Waals surface area contributed by atoms with E-state index in [4.69, 9.17) is 29.2 Å². The molecule has 0 aliphatic heterocycles. The van der Waals surface area contributed by atoms with Crippen LogP contribution in [0.3, 0.4) is 0 Å². The van der Waals surface area contributed by atoms with Gasteiger partial charge in [0.2, 0.25) is 5.91 Å². The number of methoxy groups -OCH3 is 3. The molecule has 3 fully saturated rings. The van der Waals surface area contributed by atoms with Crippen LogP contribution < -0.4 is 15.4 Å². The molecule has 72 heavy (non-hydrogen) atoms. The van der Waals surface area contributed by atoms with Gasteiger partial charge in [-0.25, -0.2) is 4.39 Å². The maximum Gasteiger partial charge on any atom is 0.217 e. The first-order valence-corrected chi connectivity index (χ1v) is 26.7. The van der Waals surface area contributed by atoms with E-state index in [0.717, 1.165) is 80.7 Å². The number of halogens is 1. The molecule has 0 atom stereocenters. The quantitative estimate of drug-likeness (QED) is 0.103. The molecule has 0 bridgehead atoms. The van der Waals surface area contributed by atoms with E-state index in [1.165, 1.54) is 75.1 Å². The van der Waals surface area contributed by atoms with Crippen molar-refractivity contribution in [2.75, 3.05) is 88.2 Å². The highest BCUT2D eigenvalue weighted by molar-refractivity contribution is 5.72. The first-order valence-electron chi connectivity index (χ1n) is 26.7. The topological polar surface area (TPSA) is 131 Å². The molecule has 0 aromatic heterocycles. The fraction of sp³-hybridized carbons (Fsp3) is 0.683. The Morgan fingerprint density at radius 3 is 1.56 bits per heavy atom. The van der Waals surface area contributed by atoms with Crippen molar-refractivity contribution in [1.29, 1.82) is 0 Å². The Kier molecular flexibility index (Phi) is 61.1. The Hall–Kier alpha value is -3.46. The summed E-state index contributed by atoms with van der Waals surface area (Å²) in [5.41, 5.74) is 3.81. The monoisotopic (exact) mass is 1020 g/mol. The molecule has 12 heteroatoms. The lowest BCUT2D eigenvalue weighted by Crippen LogP contribution is -2.19. The Bertz CT molecular complexity index is 1500. The molecule has 11 nitrogen and oxygen atoms in total. The number of benzene rings is 3. The molecule has 0 radical (unpaired) electrons. The van der Waals surface area contributed by atoms with E-state index >= 15 is 0 Å². The van der Waals surface area contributed by atoms with Crippen molar-refractivity contribution < 1.29 is 43.1 Å². The lowest BCUT2D eigenvalue weighted by molar-refractivity contribution is -0.119. The highest BCUT2D eigenvalue weighted by Crippen LogP contribution is 2.31. The second-order valence-corrected chi connectivity index (χ2v) is 18.3. The minimum atomic E-state index is -0.500. The predicted molar refractivity (Wildman–Crippen MR) is 306 cm³/mol. The average Bonchev–Trinajstić information content (AvgIpc) is 4.22. The molecule has 4 N–H and O–H groups in total. The number of aliphatic hydroxyl groups is 2. The summed E-state index contributed by atoms with van der Waals surface area (Å²) in [7, 11) is 9.16. The van der Waals surface area contributed by atoms with Gasteiger partial charge in [-0.2, -0.15) is 0 Å².